The quantitative estimate of drug-likeness (QED) is 0.288. The van der Waals surface area contributed by atoms with Crippen molar-refractivity contribution >= 4 is 12.1 Å². The van der Waals surface area contributed by atoms with Crippen LogP contribution in [0.25, 0.3) is 21.6 Å². The molecule has 3 aromatic carbocycles. The van der Waals surface area contributed by atoms with Gasteiger partial charge < -0.3 is 15.2 Å². The Labute approximate surface area is 190 Å². The molecular formula is C25H22N4O4. The molecule has 0 aliphatic heterocycles. The molecule has 0 saturated heterocycles. The minimum atomic E-state index is -1.15. The number of carboxylic acids is 1. The fourth-order valence-corrected chi connectivity index (χ4v) is 4.11. The van der Waals surface area contributed by atoms with Gasteiger partial charge in [0.15, 0.2) is 0 Å². The van der Waals surface area contributed by atoms with E-state index < -0.39 is 18.1 Å². The van der Waals surface area contributed by atoms with Crippen LogP contribution in [0.15, 0.2) is 77.9 Å². The monoisotopic (exact) mass is 442 g/mol. The molecule has 2 N–H and O–H groups in total. The van der Waals surface area contributed by atoms with Crippen LogP contribution in [-0.2, 0) is 22.5 Å². The minimum absolute atomic E-state index is 0.0985. The molecule has 1 aliphatic carbocycles. The van der Waals surface area contributed by atoms with Crippen LogP contribution in [0.3, 0.4) is 0 Å². The van der Waals surface area contributed by atoms with Crippen LogP contribution in [-0.4, -0.2) is 29.8 Å². The van der Waals surface area contributed by atoms with Crippen LogP contribution in [0.5, 0.6) is 0 Å². The minimum Gasteiger partial charge on any atom is -0.480 e. The molecule has 4 rings (SSSR count). The maximum Gasteiger partial charge on any atom is 0.407 e. The summed E-state index contributed by atoms with van der Waals surface area (Å²) in [4.78, 5) is 26.9. The van der Waals surface area contributed by atoms with Crippen LogP contribution in [0.4, 0.5) is 4.79 Å². The molecule has 3 aromatic rings. The predicted octanol–water partition coefficient (Wildman–Crippen LogP) is 5.03. The molecule has 166 valence electrons. The van der Waals surface area contributed by atoms with E-state index in [1.165, 1.54) is 0 Å². The van der Waals surface area contributed by atoms with E-state index in [-0.39, 0.29) is 25.5 Å². The van der Waals surface area contributed by atoms with Gasteiger partial charge in [-0.3, -0.25) is 0 Å². The number of rotatable bonds is 8. The Morgan fingerprint density at radius 1 is 0.970 bits per heavy atom. The van der Waals surface area contributed by atoms with Crippen LogP contribution < -0.4 is 5.32 Å². The first-order valence-corrected chi connectivity index (χ1v) is 10.5. The van der Waals surface area contributed by atoms with Gasteiger partial charge in [0.1, 0.15) is 12.6 Å². The molecule has 0 heterocycles. The number of fused-ring (bicyclic) bond motifs is 3. The molecule has 0 unspecified atom stereocenters. The number of carbonyl (C=O) groups excluding carboxylic acids is 1. The molecule has 0 spiro atoms. The number of hydrogen-bond donors (Lipinski definition) is 2. The molecule has 1 amide bonds. The number of ether oxygens (including phenoxy) is 1. The first-order chi connectivity index (χ1) is 16.1. The number of carbonyl (C=O) groups is 2. The first kappa shape index (κ1) is 21.9. The highest BCUT2D eigenvalue weighted by Crippen LogP contribution is 2.44. The lowest BCUT2D eigenvalue weighted by Crippen LogP contribution is -2.42. The maximum atomic E-state index is 12.5. The second-order valence-corrected chi connectivity index (χ2v) is 7.77. The van der Waals surface area contributed by atoms with Crippen molar-refractivity contribution in [2.45, 2.75) is 24.9 Å². The smallest absolute Gasteiger partial charge is 0.407 e. The molecule has 1 aliphatic rings. The summed E-state index contributed by atoms with van der Waals surface area (Å²) in [5.41, 5.74) is 14.3. The van der Waals surface area contributed by atoms with Gasteiger partial charge in [-0.1, -0.05) is 77.9 Å². The molecule has 0 fully saturated rings. The molecule has 8 nitrogen and oxygen atoms in total. The standard InChI is InChI=1S/C25H22N4O4/c26-29-27-14-17-11-9-16(10-12-17)13-23(24(30)31)28-25(32)33-15-22-20-7-3-1-5-18(20)19-6-2-4-8-21(19)22/h1-12,22-23H,13-15H2,(H,28,32)(H,30,31)/t23-/m0/s1. The average molecular weight is 442 g/mol. The van der Waals surface area contributed by atoms with Crippen LogP contribution in [0, 0.1) is 0 Å². The highest BCUT2D eigenvalue weighted by Gasteiger charge is 2.29. The summed E-state index contributed by atoms with van der Waals surface area (Å²) in [6.07, 6.45) is -0.675. The van der Waals surface area contributed by atoms with Crippen molar-refractivity contribution < 1.29 is 19.4 Å². The van der Waals surface area contributed by atoms with Gasteiger partial charge in [-0.15, -0.1) is 0 Å². The van der Waals surface area contributed by atoms with E-state index in [9.17, 15) is 14.7 Å². The highest BCUT2D eigenvalue weighted by atomic mass is 16.5. The van der Waals surface area contributed by atoms with E-state index >= 15 is 0 Å². The third kappa shape index (κ3) is 4.97. The van der Waals surface area contributed by atoms with Crippen LogP contribution in [0.2, 0.25) is 0 Å². The lowest BCUT2D eigenvalue weighted by Gasteiger charge is -2.17. The molecule has 0 saturated carbocycles. The van der Waals surface area contributed by atoms with Crippen molar-refractivity contribution in [3.8, 4) is 11.1 Å². The molecule has 33 heavy (non-hydrogen) atoms. The Morgan fingerprint density at radius 3 is 2.12 bits per heavy atom. The van der Waals surface area contributed by atoms with Gasteiger partial charge >= 0.3 is 12.1 Å². The van der Waals surface area contributed by atoms with E-state index in [2.05, 4.69) is 15.3 Å². The van der Waals surface area contributed by atoms with Gasteiger partial charge in [-0.05, 0) is 38.9 Å². The van der Waals surface area contributed by atoms with E-state index in [1.54, 1.807) is 24.3 Å². The zero-order chi connectivity index (χ0) is 23.2. The zero-order valence-electron chi connectivity index (χ0n) is 17.7. The number of nitrogens with one attached hydrogen (secondary N) is 1. The van der Waals surface area contributed by atoms with E-state index in [4.69, 9.17) is 10.3 Å². The summed E-state index contributed by atoms with van der Waals surface area (Å²) in [5, 5.41) is 15.5. The Morgan fingerprint density at radius 2 is 1.55 bits per heavy atom. The van der Waals surface area contributed by atoms with Gasteiger partial charge in [0.2, 0.25) is 0 Å². The number of alkyl carbamates (subject to hydrolysis) is 1. The number of hydrogen-bond acceptors (Lipinski definition) is 4. The summed E-state index contributed by atoms with van der Waals surface area (Å²) in [6, 6.07) is 21.9. The summed E-state index contributed by atoms with van der Waals surface area (Å²) in [5.74, 6) is -1.25. The van der Waals surface area contributed by atoms with Gasteiger partial charge in [0.05, 0.1) is 6.54 Å². The number of azide groups is 1. The van der Waals surface area contributed by atoms with Crippen molar-refractivity contribution in [3.63, 3.8) is 0 Å². The Hall–Kier alpha value is -4.29. The van der Waals surface area contributed by atoms with Gasteiger partial charge in [0, 0.05) is 17.3 Å². The van der Waals surface area contributed by atoms with Crippen molar-refractivity contribution in [3.05, 3.63) is 105 Å². The zero-order valence-corrected chi connectivity index (χ0v) is 17.7. The lowest BCUT2D eigenvalue weighted by atomic mass is 9.98. The number of nitrogens with zero attached hydrogens (tertiary/aromatic N) is 3. The normalized spacial score (nSPS) is 12.7. The SMILES string of the molecule is [N-]=[N+]=NCc1ccc(C[C@H](NC(=O)OCC2c3ccccc3-c3ccccc32)C(=O)O)cc1. The first-order valence-electron chi connectivity index (χ1n) is 10.5. The van der Waals surface area contributed by atoms with E-state index in [1.807, 2.05) is 48.5 Å². The summed E-state index contributed by atoms with van der Waals surface area (Å²) in [6.45, 7) is 0.331. The second-order valence-electron chi connectivity index (χ2n) is 7.77. The topological polar surface area (TPSA) is 124 Å². The van der Waals surface area contributed by atoms with Crippen molar-refractivity contribution in [2.24, 2.45) is 5.11 Å². The summed E-state index contributed by atoms with van der Waals surface area (Å²) >= 11 is 0. The second kappa shape index (κ2) is 9.89. The van der Waals surface area contributed by atoms with Crippen molar-refractivity contribution in [1.82, 2.24) is 5.32 Å². The number of amides is 1. The van der Waals surface area contributed by atoms with Crippen molar-refractivity contribution in [1.29, 1.82) is 0 Å². The van der Waals surface area contributed by atoms with Crippen LogP contribution >= 0.6 is 0 Å². The molecule has 0 radical (unpaired) electrons. The highest BCUT2D eigenvalue weighted by molar-refractivity contribution is 5.81. The largest absolute Gasteiger partial charge is 0.480 e. The number of aliphatic carboxylic acids is 1. The Bertz CT molecular complexity index is 1170. The average Bonchev–Trinajstić information content (AvgIpc) is 3.15. The third-order valence-electron chi connectivity index (χ3n) is 5.71. The van der Waals surface area contributed by atoms with Crippen LogP contribution in [0.1, 0.15) is 28.2 Å². The summed E-state index contributed by atoms with van der Waals surface area (Å²) in [7, 11) is 0. The fourth-order valence-electron chi connectivity index (χ4n) is 4.11. The molecular weight excluding hydrogens is 420 g/mol. The Balaban J connectivity index is 1.39. The number of carboxylic acid groups (broad SMARTS) is 1. The molecule has 8 heteroatoms. The lowest BCUT2D eigenvalue weighted by molar-refractivity contribution is -0.139. The van der Waals surface area contributed by atoms with Gasteiger partial charge in [-0.2, -0.15) is 0 Å². The molecule has 1 atom stereocenters. The van der Waals surface area contributed by atoms with Crippen molar-refractivity contribution in [2.75, 3.05) is 6.61 Å². The van der Waals surface area contributed by atoms with E-state index in [0.717, 1.165) is 33.4 Å². The predicted molar refractivity (Wildman–Crippen MR) is 123 cm³/mol. The van der Waals surface area contributed by atoms with Gasteiger partial charge in [-0.25, -0.2) is 9.59 Å². The summed E-state index contributed by atoms with van der Waals surface area (Å²) < 4.78 is 5.46. The fraction of sp³-hybridized carbons (Fsp3) is 0.200. The maximum absolute atomic E-state index is 12.5. The molecule has 0 aromatic heterocycles. The van der Waals surface area contributed by atoms with Gasteiger partial charge in [0.25, 0.3) is 0 Å². The molecule has 0 bridgehead atoms. The number of benzene rings is 3. The third-order valence-corrected chi connectivity index (χ3v) is 5.71. The van der Waals surface area contributed by atoms with E-state index in [0.29, 0.717) is 0 Å². The Kier molecular flexibility index (Phi) is 6.57.